The average Bonchev–Trinajstić information content (AvgIpc) is 3.05. The molecule has 1 N–H and O–H groups in total. The van der Waals surface area contributed by atoms with E-state index in [0.717, 1.165) is 15.9 Å². The minimum atomic E-state index is -0.378. The Kier molecular flexibility index (Phi) is 3.66. The molecule has 1 fully saturated rings. The van der Waals surface area contributed by atoms with Crippen molar-refractivity contribution in [1.82, 2.24) is 10.2 Å². The number of furan rings is 1. The zero-order valence-corrected chi connectivity index (χ0v) is 12.2. The molecule has 0 spiro atoms. The van der Waals surface area contributed by atoms with Gasteiger partial charge in [-0.2, -0.15) is 0 Å². The highest BCUT2D eigenvalue weighted by molar-refractivity contribution is 6.04. The number of hydrogen-bond acceptors (Lipinski definition) is 4. The number of fused-ring (bicyclic) bond motifs is 1. The third-order valence-corrected chi connectivity index (χ3v) is 3.71. The van der Waals surface area contributed by atoms with E-state index >= 15 is 0 Å². The van der Waals surface area contributed by atoms with Crippen LogP contribution < -0.4 is 5.32 Å². The van der Waals surface area contributed by atoms with Crippen LogP contribution in [0.4, 0.5) is 0 Å². The molecule has 2 aromatic rings. The van der Waals surface area contributed by atoms with Crippen LogP contribution in [0, 0.1) is 0 Å². The molecular formula is C16H16N2O4. The first-order valence-electron chi connectivity index (χ1n) is 7.15. The lowest BCUT2D eigenvalue weighted by atomic mass is 10.2. The molecular weight excluding hydrogens is 284 g/mol. The molecule has 1 saturated heterocycles. The van der Waals surface area contributed by atoms with E-state index in [2.05, 4.69) is 5.32 Å². The summed E-state index contributed by atoms with van der Waals surface area (Å²) >= 11 is 0. The van der Waals surface area contributed by atoms with Gasteiger partial charge in [0.15, 0.2) is 0 Å². The minimum Gasteiger partial charge on any atom is -0.459 e. The Morgan fingerprint density at radius 1 is 1.27 bits per heavy atom. The second-order valence-electron chi connectivity index (χ2n) is 5.35. The Labute approximate surface area is 127 Å². The van der Waals surface area contributed by atoms with E-state index in [-0.39, 0.29) is 43.1 Å². The van der Waals surface area contributed by atoms with Crippen molar-refractivity contribution in [2.45, 2.75) is 25.8 Å². The molecule has 1 aliphatic heterocycles. The van der Waals surface area contributed by atoms with Gasteiger partial charge in [-0.25, -0.2) is 0 Å². The normalized spacial score (nSPS) is 16.3. The van der Waals surface area contributed by atoms with Gasteiger partial charge >= 0.3 is 0 Å². The number of amides is 3. The molecule has 6 nitrogen and oxygen atoms in total. The van der Waals surface area contributed by atoms with Crippen molar-refractivity contribution in [3.63, 3.8) is 0 Å². The number of para-hydroxylation sites is 1. The van der Waals surface area contributed by atoms with Crippen LogP contribution in [0.25, 0.3) is 11.0 Å². The van der Waals surface area contributed by atoms with Crippen molar-refractivity contribution in [2.24, 2.45) is 0 Å². The zero-order chi connectivity index (χ0) is 15.7. The highest BCUT2D eigenvalue weighted by atomic mass is 16.3. The van der Waals surface area contributed by atoms with Gasteiger partial charge in [-0.3, -0.25) is 19.3 Å². The van der Waals surface area contributed by atoms with Gasteiger partial charge in [-0.15, -0.1) is 0 Å². The largest absolute Gasteiger partial charge is 0.459 e. The Balaban J connectivity index is 1.65. The molecule has 0 unspecified atom stereocenters. The summed E-state index contributed by atoms with van der Waals surface area (Å²) in [6.45, 7) is 1.56. The van der Waals surface area contributed by atoms with E-state index in [1.165, 1.54) is 0 Å². The van der Waals surface area contributed by atoms with E-state index in [4.69, 9.17) is 4.42 Å². The molecule has 3 rings (SSSR count). The molecule has 6 heteroatoms. The fraction of sp³-hybridized carbons (Fsp3) is 0.312. The van der Waals surface area contributed by atoms with Gasteiger partial charge in [0.05, 0.1) is 6.04 Å². The van der Waals surface area contributed by atoms with Crippen LogP contribution in [0.15, 0.2) is 34.7 Å². The molecule has 1 aliphatic rings. The summed E-state index contributed by atoms with van der Waals surface area (Å²) < 4.78 is 5.68. The highest BCUT2D eigenvalue weighted by Gasteiger charge is 2.30. The number of benzene rings is 1. The molecule has 1 aromatic carbocycles. The van der Waals surface area contributed by atoms with Crippen LogP contribution in [0.1, 0.15) is 31.6 Å². The number of carbonyl (C=O) groups excluding carboxylic acids is 3. The number of imide groups is 1. The summed E-state index contributed by atoms with van der Waals surface area (Å²) in [6, 6.07) is 9.10. The Morgan fingerprint density at radius 3 is 2.64 bits per heavy atom. The Hall–Kier alpha value is -2.63. The van der Waals surface area contributed by atoms with E-state index < -0.39 is 0 Å². The van der Waals surface area contributed by atoms with Gasteiger partial charge in [0.2, 0.25) is 17.7 Å². The van der Waals surface area contributed by atoms with Crippen molar-refractivity contribution in [3.05, 3.63) is 36.1 Å². The van der Waals surface area contributed by atoms with Crippen molar-refractivity contribution in [3.8, 4) is 0 Å². The second-order valence-corrected chi connectivity index (χ2v) is 5.35. The monoisotopic (exact) mass is 300 g/mol. The molecule has 22 heavy (non-hydrogen) atoms. The van der Waals surface area contributed by atoms with E-state index in [1.807, 2.05) is 30.3 Å². The van der Waals surface area contributed by atoms with Crippen LogP contribution in [0.3, 0.4) is 0 Å². The fourth-order valence-corrected chi connectivity index (χ4v) is 2.52. The van der Waals surface area contributed by atoms with Gasteiger partial charge in [0.25, 0.3) is 0 Å². The van der Waals surface area contributed by atoms with Crippen molar-refractivity contribution < 1.29 is 18.8 Å². The summed E-state index contributed by atoms with van der Waals surface area (Å²) in [6.07, 6.45) is 0.372. The third kappa shape index (κ3) is 2.72. The van der Waals surface area contributed by atoms with E-state index in [1.54, 1.807) is 6.92 Å². The molecule has 0 saturated carbocycles. The first kappa shape index (κ1) is 14.3. The lowest BCUT2D eigenvalue weighted by Gasteiger charge is -2.16. The summed E-state index contributed by atoms with van der Waals surface area (Å²) in [5.74, 6) is -0.335. The van der Waals surface area contributed by atoms with Gasteiger partial charge < -0.3 is 9.73 Å². The first-order chi connectivity index (χ1) is 10.5. The third-order valence-electron chi connectivity index (χ3n) is 3.71. The minimum absolute atomic E-state index is 0.186. The fourth-order valence-electron chi connectivity index (χ4n) is 2.52. The van der Waals surface area contributed by atoms with Crippen LogP contribution in [-0.2, 0) is 14.4 Å². The molecule has 2 heterocycles. The molecule has 0 aliphatic carbocycles. The predicted octanol–water partition coefficient (Wildman–Crippen LogP) is 1.76. The van der Waals surface area contributed by atoms with Crippen LogP contribution in [-0.4, -0.2) is 29.2 Å². The molecule has 0 radical (unpaired) electrons. The maximum atomic E-state index is 12.0. The maximum Gasteiger partial charge on any atom is 0.240 e. The molecule has 0 bridgehead atoms. The number of nitrogens with one attached hydrogen (secondary N) is 1. The summed E-state index contributed by atoms with van der Waals surface area (Å²) in [7, 11) is 0. The second kappa shape index (κ2) is 5.63. The van der Waals surface area contributed by atoms with E-state index in [0.29, 0.717) is 5.76 Å². The highest BCUT2D eigenvalue weighted by Crippen LogP contribution is 2.23. The van der Waals surface area contributed by atoms with Crippen LogP contribution in [0.5, 0.6) is 0 Å². The smallest absolute Gasteiger partial charge is 0.240 e. The average molecular weight is 300 g/mol. The topological polar surface area (TPSA) is 79.6 Å². The van der Waals surface area contributed by atoms with Crippen molar-refractivity contribution >= 4 is 28.7 Å². The maximum absolute atomic E-state index is 12.0. The number of carbonyl (C=O) groups is 3. The predicted molar refractivity (Wildman–Crippen MR) is 78.7 cm³/mol. The first-order valence-corrected chi connectivity index (χ1v) is 7.15. The lowest BCUT2D eigenvalue weighted by Crippen LogP contribution is -2.40. The van der Waals surface area contributed by atoms with Crippen molar-refractivity contribution in [1.29, 1.82) is 0 Å². The lowest BCUT2D eigenvalue weighted by molar-refractivity contribution is -0.142. The Morgan fingerprint density at radius 2 is 1.95 bits per heavy atom. The molecule has 114 valence electrons. The summed E-state index contributed by atoms with van der Waals surface area (Å²) in [5, 5.41) is 3.71. The van der Waals surface area contributed by atoms with Gasteiger partial charge in [0, 0.05) is 18.2 Å². The summed E-state index contributed by atoms with van der Waals surface area (Å²) in [5.41, 5.74) is 0.753. The molecule has 1 atom stereocenters. The van der Waals surface area contributed by atoms with Crippen LogP contribution >= 0.6 is 0 Å². The number of hydrogen-bond donors (Lipinski definition) is 1. The SMILES string of the molecule is C[C@H](NC(=O)CN1C(=O)CCC1=O)c1cc2ccccc2o1. The molecule has 3 amide bonds. The van der Waals surface area contributed by atoms with Crippen LogP contribution in [0.2, 0.25) is 0 Å². The Bertz CT molecular complexity index is 700. The van der Waals surface area contributed by atoms with E-state index in [9.17, 15) is 14.4 Å². The van der Waals surface area contributed by atoms with Gasteiger partial charge in [0.1, 0.15) is 17.9 Å². The number of nitrogens with zero attached hydrogens (tertiary/aromatic N) is 1. The number of rotatable bonds is 4. The van der Waals surface area contributed by atoms with Gasteiger partial charge in [-0.1, -0.05) is 18.2 Å². The number of likely N-dealkylation sites (tertiary alicyclic amines) is 1. The standard InChI is InChI=1S/C16H16N2O4/c1-10(13-8-11-4-2-3-5-12(11)22-13)17-14(19)9-18-15(20)6-7-16(18)21/h2-5,8,10H,6-7,9H2,1H3,(H,17,19)/t10-/m0/s1. The quantitative estimate of drug-likeness (QED) is 0.873. The molecule has 1 aromatic heterocycles. The van der Waals surface area contributed by atoms with Gasteiger partial charge in [-0.05, 0) is 19.1 Å². The zero-order valence-electron chi connectivity index (χ0n) is 12.2. The van der Waals surface area contributed by atoms with Crippen molar-refractivity contribution in [2.75, 3.05) is 6.54 Å². The summed E-state index contributed by atoms with van der Waals surface area (Å²) in [4.78, 5) is 36.0.